The van der Waals surface area contributed by atoms with Gasteiger partial charge in [-0.05, 0) is 6.42 Å². The van der Waals surface area contributed by atoms with Crippen LogP contribution in [0.3, 0.4) is 0 Å². The molecule has 0 aliphatic rings. The number of carbonyl (C=O) groups is 3. The van der Waals surface area contributed by atoms with E-state index in [2.05, 4.69) is 0 Å². The van der Waals surface area contributed by atoms with Gasteiger partial charge in [-0.2, -0.15) is 0 Å². The fraction of sp³-hybridized carbons (Fsp3) is 0.625. The van der Waals surface area contributed by atoms with Crippen LogP contribution in [0.4, 0.5) is 0 Å². The Kier molecular flexibility index (Phi) is 16.1. The van der Waals surface area contributed by atoms with Gasteiger partial charge < -0.3 is 15.3 Å². The van der Waals surface area contributed by atoms with Gasteiger partial charge in [0.05, 0.1) is 0 Å². The molecule has 0 saturated carbocycles. The number of hydrogen-bond donors (Lipinski definition) is 3. The van der Waals surface area contributed by atoms with Crippen LogP contribution in [0.25, 0.3) is 0 Å². The second-order valence-electron chi connectivity index (χ2n) is 2.56. The molecule has 0 fully saturated rings. The predicted octanol–water partition coefficient (Wildman–Crippen LogP) is -0.575. The molecule has 0 spiro atoms. The van der Waals surface area contributed by atoms with Crippen molar-refractivity contribution in [2.24, 2.45) is 5.92 Å². The molecule has 0 aromatic rings. The molecule has 0 rings (SSSR count). The third-order valence-electron chi connectivity index (χ3n) is 1.30. The Balaban J connectivity index is -0.000000242. The van der Waals surface area contributed by atoms with Gasteiger partial charge in [-0.1, -0.05) is 13.3 Å². The summed E-state index contributed by atoms with van der Waals surface area (Å²) in [7, 11) is 0. The number of carboxylic acids is 3. The number of hydrogen-bond acceptors (Lipinski definition) is 3. The summed E-state index contributed by atoms with van der Waals surface area (Å²) >= 11 is 0. The second kappa shape index (κ2) is 12.4. The molecule has 1 radical (unpaired) electrons. The van der Waals surface area contributed by atoms with Crippen molar-refractivity contribution in [2.75, 3.05) is 6.61 Å². The van der Waals surface area contributed by atoms with Gasteiger partial charge in [0.15, 0.2) is 12.5 Å². The van der Waals surface area contributed by atoms with E-state index in [-0.39, 0.29) is 36.0 Å². The van der Waals surface area contributed by atoms with Crippen molar-refractivity contribution in [2.45, 2.75) is 19.8 Å². The summed E-state index contributed by atoms with van der Waals surface area (Å²) in [6.45, 7) is 0.721. The molecule has 0 saturated heterocycles. The van der Waals surface area contributed by atoms with Crippen LogP contribution in [0.2, 0.25) is 0 Å². The van der Waals surface area contributed by atoms with Crippen LogP contribution in [-0.2, 0) is 19.5 Å². The van der Waals surface area contributed by atoms with E-state index in [9.17, 15) is 9.59 Å². The van der Waals surface area contributed by atoms with E-state index in [0.717, 1.165) is 0 Å². The zero-order valence-corrected chi connectivity index (χ0v) is 8.17. The summed E-state index contributed by atoms with van der Waals surface area (Å²) in [5.41, 5.74) is 0. The van der Waals surface area contributed by atoms with Crippen molar-refractivity contribution >= 4 is 47.5 Å². The monoisotopic (exact) mass is 245 g/mol. The minimum absolute atomic E-state index is 0. The molecule has 0 bridgehead atoms. The molecule has 0 aliphatic carbocycles. The summed E-state index contributed by atoms with van der Waals surface area (Å²) in [6.07, 6.45) is 0.772. The van der Waals surface area contributed by atoms with Crippen molar-refractivity contribution in [3.63, 3.8) is 0 Å². The van der Waals surface area contributed by atoms with Crippen LogP contribution in [0, 0.1) is 5.92 Å². The topological polar surface area (TPSA) is 132 Å². The Hall–Kier alpha value is -0.630. The van der Waals surface area contributed by atoms with E-state index in [1.54, 1.807) is 6.92 Å². The Bertz CT molecular complexity index is 214. The van der Waals surface area contributed by atoms with Crippen molar-refractivity contribution < 1.29 is 34.8 Å². The smallest absolute Gasteiger partial charge is 0.333 e. The first-order valence-electron chi connectivity index (χ1n) is 4.12. The van der Waals surface area contributed by atoms with Crippen LogP contribution in [0.5, 0.6) is 0 Å². The molecule has 0 amide bonds. The summed E-state index contributed by atoms with van der Waals surface area (Å²) in [5.74, 6) is -5.04. The predicted molar refractivity (Wildman–Crippen MR) is 54.0 cm³/mol. The fourth-order valence-corrected chi connectivity index (χ4v) is 0.641. The van der Waals surface area contributed by atoms with E-state index in [1.165, 1.54) is 0 Å². The van der Waals surface area contributed by atoms with E-state index >= 15 is 0 Å². The number of carboxylic acid groups (broad SMARTS) is 3. The van der Waals surface area contributed by atoms with Crippen molar-refractivity contribution in [3.05, 3.63) is 0 Å². The Morgan fingerprint density at radius 3 is 1.44 bits per heavy atom. The number of rotatable bonds is 5. The summed E-state index contributed by atoms with van der Waals surface area (Å²) in [4.78, 5) is 29.4. The molecule has 8 heteroatoms. The molecule has 3 N–H and O–H groups in total. The fourth-order valence-electron chi connectivity index (χ4n) is 0.641. The molecule has 7 nitrogen and oxygen atoms in total. The van der Waals surface area contributed by atoms with E-state index in [4.69, 9.17) is 25.2 Å². The largest absolute Gasteiger partial charge is 0.479 e. The third kappa shape index (κ3) is 13.4. The maximum atomic E-state index is 10.2. The zero-order chi connectivity index (χ0) is 12.4. The van der Waals surface area contributed by atoms with Crippen molar-refractivity contribution in [1.29, 1.82) is 0 Å². The zero-order valence-electron chi connectivity index (χ0n) is 8.17. The van der Waals surface area contributed by atoms with Crippen LogP contribution >= 0.6 is 0 Å². The van der Waals surface area contributed by atoms with Gasteiger partial charge in [0.25, 0.3) is 0 Å². The van der Waals surface area contributed by atoms with Gasteiger partial charge in [-0.3, -0.25) is 9.59 Å². The molecular weight excluding hydrogens is 231 g/mol. The molecule has 89 valence electrons. The molecule has 0 aromatic heterocycles. The SMILES string of the molecule is CCCC(C(=O)O)C(=O)O.[NaH].[O]CC(=O)O. The van der Waals surface area contributed by atoms with Crippen molar-refractivity contribution in [1.82, 2.24) is 0 Å². The Morgan fingerprint density at radius 2 is 1.38 bits per heavy atom. The van der Waals surface area contributed by atoms with Crippen LogP contribution in [0.1, 0.15) is 19.8 Å². The Labute approximate surface area is 114 Å². The molecule has 16 heavy (non-hydrogen) atoms. The standard InChI is InChI=1S/C6H10O4.C2H3O3.Na.H/c1-2-3-4(5(7)8)6(9)10;3-1-2(4)5;;/h4H,2-3H2,1H3,(H,7,8)(H,9,10);1H2,(H,4,5);;. The summed E-state index contributed by atoms with van der Waals surface area (Å²) in [6, 6.07) is 0. The first-order chi connectivity index (χ1) is 6.86. The minimum Gasteiger partial charge on any atom is -0.479 e. The summed E-state index contributed by atoms with van der Waals surface area (Å²) in [5, 5.41) is 33.0. The van der Waals surface area contributed by atoms with Gasteiger partial charge >= 0.3 is 47.5 Å². The number of aliphatic carboxylic acids is 3. The average molecular weight is 245 g/mol. The second-order valence-corrected chi connectivity index (χ2v) is 2.56. The van der Waals surface area contributed by atoms with E-state index in [0.29, 0.717) is 6.42 Å². The van der Waals surface area contributed by atoms with E-state index < -0.39 is 30.4 Å². The van der Waals surface area contributed by atoms with Crippen LogP contribution < -0.4 is 0 Å². The van der Waals surface area contributed by atoms with Gasteiger partial charge in [-0.15, -0.1) is 0 Å². The maximum Gasteiger partial charge on any atom is 0.333 e. The Morgan fingerprint density at radius 1 is 1.06 bits per heavy atom. The van der Waals surface area contributed by atoms with Crippen molar-refractivity contribution in [3.8, 4) is 0 Å². The summed E-state index contributed by atoms with van der Waals surface area (Å²) < 4.78 is 0. The minimum atomic E-state index is -1.30. The normalized spacial score (nSPS) is 8.44. The first kappa shape index (κ1) is 20.7. The van der Waals surface area contributed by atoms with Gasteiger partial charge in [-0.25, -0.2) is 9.90 Å². The molecule has 0 aromatic carbocycles. The first-order valence-corrected chi connectivity index (χ1v) is 4.12. The molecule has 0 atom stereocenters. The van der Waals surface area contributed by atoms with Crippen LogP contribution in [0.15, 0.2) is 0 Å². The van der Waals surface area contributed by atoms with E-state index in [1.807, 2.05) is 0 Å². The van der Waals surface area contributed by atoms with Crippen LogP contribution in [-0.4, -0.2) is 69.4 Å². The molecular formula is C8H14NaO7. The average Bonchev–Trinajstić information content (AvgIpc) is 2.14. The molecule has 0 unspecified atom stereocenters. The maximum absolute atomic E-state index is 10.2. The van der Waals surface area contributed by atoms with Gasteiger partial charge in [0, 0.05) is 0 Å². The molecule has 0 heterocycles. The van der Waals surface area contributed by atoms with Gasteiger partial charge in [0.1, 0.15) is 0 Å². The third-order valence-corrected chi connectivity index (χ3v) is 1.30. The quantitative estimate of drug-likeness (QED) is 0.438. The van der Waals surface area contributed by atoms with Gasteiger partial charge in [0.2, 0.25) is 0 Å². The molecule has 0 aliphatic heterocycles.